The number of imidazole rings is 1. The average Bonchev–Trinajstić information content (AvgIpc) is 2.75. The summed E-state index contributed by atoms with van der Waals surface area (Å²) in [5.41, 5.74) is 8.63. The summed E-state index contributed by atoms with van der Waals surface area (Å²) >= 11 is 0. The van der Waals surface area contributed by atoms with Gasteiger partial charge in [-0.2, -0.15) is 0 Å². The SMILES string of the molecule is Cn1c(CCCO)nc2c(N)nc3ccccc3c21. The Bertz CT molecular complexity index is 748. The number of nitrogens with zero attached hydrogens (tertiary/aromatic N) is 3. The van der Waals surface area contributed by atoms with Gasteiger partial charge in [-0.3, -0.25) is 0 Å². The number of rotatable bonds is 3. The molecule has 0 aliphatic carbocycles. The fourth-order valence-corrected chi connectivity index (χ4v) is 2.45. The summed E-state index contributed by atoms with van der Waals surface area (Å²) in [6.45, 7) is 0.164. The molecular formula is C14H16N4O. The molecule has 0 bridgehead atoms. The molecule has 0 saturated heterocycles. The first-order chi connectivity index (χ1) is 9.22. The van der Waals surface area contributed by atoms with Crippen molar-refractivity contribution in [1.29, 1.82) is 0 Å². The molecule has 0 unspecified atom stereocenters. The summed E-state index contributed by atoms with van der Waals surface area (Å²) in [7, 11) is 1.98. The molecule has 0 saturated carbocycles. The van der Waals surface area contributed by atoms with Gasteiger partial charge in [-0.25, -0.2) is 9.97 Å². The van der Waals surface area contributed by atoms with E-state index in [1.807, 2.05) is 35.9 Å². The lowest BCUT2D eigenvalue weighted by atomic mass is 10.2. The standard InChI is InChI=1S/C14H16N4O/c1-18-11(7-4-8-19)17-12-13(18)9-5-2-3-6-10(9)16-14(12)15/h2-3,5-6,19H,4,7-8H2,1H3,(H2,15,16). The lowest BCUT2D eigenvalue weighted by Crippen LogP contribution is -1.99. The van der Waals surface area contributed by atoms with E-state index in [0.29, 0.717) is 12.2 Å². The molecule has 0 aliphatic heterocycles. The number of aliphatic hydroxyl groups is 1. The Labute approximate surface area is 110 Å². The fraction of sp³-hybridized carbons (Fsp3) is 0.286. The minimum atomic E-state index is 0.164. The molecule has 2 aromatic heterocycles. The second kappa shape index (κ2) is 4.51. The maximum absolute atomic E-state index is 8.95. The normalized spacial score (nSPS) is 11.5. The van der Waals surface area contributed by atoms with Crippen molar-refractivity contribution in [3.05, 3.63) is 30.1 Å². The van der Waals surface area contributed by atoms with Gasteiger partial charge >= 0.3 is 0 Å². The maximum atomic E-state index is 8.95. The Morgan fingerprint density at radius 3 is 2.84 bits per heavy atom. The number of para-hydroxylation sites is 1. The predicted molar refractivity (Wildman–Crippen MR) is 75.8 cm³/mol. The van der Waals surface area contributed by atoms with Crippen LogP contribution in [0.15, 0.2) is 24.3 Å². The quantitative estimate of drug-likeness (QED) is 0.746. The molecule has 2 heterocycles. The lowest BCUT2D eigenvalue weighted by Gasteiger charge is -2.04. The highest BCUT2D eigenvalue weighted by atomic mass is 16.2. The number of hydrogen-bond donors (Lipinski definition) is 2. The van der Waals surface area contributed by atoms with E-state index < -0.39 is 0 Å². The van der Waals surface area contributed by atoms with Gasteiger partial charge in [-0.1, -0.05) is 18.2 Å². The van der Waals surface area contributed by atoms with Crippen molar-refractivity contribution < 1.29 is 5.11 Å². The molecule has 5 heteroatoms. The van der Waals surface area contributed by atoms with Crippen LogP contribution in [0.4, 0.5) is 5.82 Å². The summed E-state index contributed by atoms with van der Waals surface area (Å²) in [6, 6.07) is 7.91. The third kappa shape index (κ3) is 1.82. The highest BCUT2D eigenvalue weighted by molar-refractivity contribution is 6.06. The van der Waals surface area contributed by atoms with Crippen LogP contribution in [0.1, 0.15) is 12.2 Å². The number of aryl methyl sites for hydroxylation is 2. The minimum Gasteiger partial charge on any atom is -0.396 e. The molecule has 0 atom stereocenters. The number of hydrogen-bond acceptors (Lipinski definition) is 4. The van der Waals surface area contributed by atoms with Crippen LogP contribution >= 0.6 is 0 Å². The summed E-state index contributed by atoms with van der Waals surface area (Å²) < 4.78 is 2.05. The van der Waals surface area contributed by atoms with Crippen LogP contribution < -0.4 is 5.73 Å². The zero-order chi connectivity index (χ0) is 13.4. The number of anilines is 1. The van der Waals surface area contributed by atoms with Gasteiger partial charge in [0.15, 0.2) is 5.82 Å². The van der Waals surface area contributed by atoms with Gasteiger partial charge < -0.3 is 15.4 Å². The van der Waals surface area contributed by atoms with Crippen LogP contribution in [-0.2, 0) is 13.5 Å². The van der Waals surface area contributed by atoms with Crippen molar-refractivity contribution in [1.82, 2.24) is 14.5 Å². The van der Waals surface area contributed by atoms with Crippen LogP contribution in [0.25, 0.3) is 21.9 Å². The van der Waals surface area contributed by atoms with E-state index in [1.165, 1.54) is 0 Å². The molecule has 0 radical (unpaired) electrons. The van der Waals surface area contributed by atoms with Crippen LogP contribution in [0.3, 0.4) is 0 Å². The summed E-state index contributed by atoms with van der Waals surface area (Å²) in [5.74, 6) is 1.38. The third-order valence-electron chi connectivity index (χ3n) is 3.39. The summed E-state index contributed by atoms with van der Waals surface area (Å²) in [4.78, 5) is 8.95. The topological polar surface area (TPSA) is 77.0 Å². The summed E-state index contributed by atoms with van der Waals surface area (Å²) in [6.07, 6.45) is 1.43. The van der Waals surface area contributed by atoms with Crippen molar-refractivity contribution in [3.8, 4) is 0 Å². The molecule has 19 heavy (non-hydrogen) atoms. The van der Waals surface area contributed by atoms with Gasteiger partial charge in [0.1, 0.15) is 11.3 Å². The molecule has 0 spiro atoms. The van der Waals surface area contributed by atoms with Gasteiger partial charge in [-0.05, 0) is 12.5 Å². The highest BCUT2D eigenvalue weighted by Gasteiger charge is 2.14. The number of nitrogen functional groups attached to an aromatic ring is 1. The van der Waals surface area contributed by atoms with Crippen molar-refractivity contribution in [3.63, 3.8) is 0 Å². The second-order valence-electron chi connectivity index (χ2n) is 4.63. The Morgan fingerprint density at radius 1 is 1.26 bits per heavy atom. The molecule has 0 aliphatic rings. The summed E-state index contributed by atoms with van der Waals surface area (Å²) in [5, 5.41) is 10.00. The highest BCUT2D eigenvalue weighted by Crippen LogP contribution is 2.28. The van der Waals surface area contributed by atoms with E-state index in [4.69, 9.17) is 10.8 Å². The molecule has 0 fully saturated rings. The number of benzene rings is 1. The van der Waals surface area contributed by atoms with Gasteiger partial charge in [0.05, 0.1) is 11.0 Å². The molecule has 3 rings (SSSR count). The maximum Gasteiger partial charge on any atom is 0.152 e. The van der Waals surface area contributed by atoms with E-state index in [9.17, 15) is 0 Å². The number of aliphatic hydroxyl groups excluding tert-OH is 1. The zero-order valence-electron chi connectivity index (χ0n) is 10.8. The lowest BCUT2D eigenvalue weighted by molar-refractivity contribution is 0.287. The van der Waals surface area contributed by atoms with E-state index in [2.05, 4.69) is 9.97 Å². The minimum absolute atomic E-state index is 0.164. The van der Waals surface area contributed by atoms with E-state index in [-0.39, 0.29) is 6.61 Å². The molecule has 1 aromatic carbocycles. The van der Waals surface area contributed by atoms with Crippen molar-refractivity contribution in [2.75, 3.05) is 12.3 Å². The predicted octanol–water partition coefficient (Wildman–Crippen LogP) is 1.63. The Hall–Kier alpha value is -2.14. The van der Waals surface area contributed by atoms with Crippen LogP contribution in [-0.4, -0.2) is 26.2 Å². The van der Waals surface area contributed by atoms with Gasteiger partial charge in [0.25, 0.3) is 0 Å². The monoisotopic (exact) mass is 256 g/mol. The third-order valence-corrected chi connectivity index (χ3v) is 3.39. The number of fused-ring (bicyclic) bond motifs is 3. The number of pyridine rings is 1. The van der Waals surface area contributed by atoms with Crippen molar-refractivity contribution in [2.24, 2.45) is 7.05 Å². The molecule has 5 nitrogen and oxygen atoms in total. The first kappa shape index (κ1) is 11.9. The van der Waals surface area contributed by atoms with Crippen LogP contribution in [0.5, 0.6) is 0 Å². The van der Waals surface area contributed by atoms with E-state index >= 15 is 0 Å². The van der Waals surface area contributed by atoms with Gasteiger partial charge in [0.2, 0.25) is 0 Å². The van der Waals surface area contributed by atoms with Gasteiger partial charge in [-0.15, -0.1) is 0 Å². The van der Waals surface area contributed by atoms with Crippen molar-refractivity contribution in [2.45, 2.75) is 12.8 Å². The first-order valence-electron chi connectivity index (χ1n) is 6.32. The first-order valence-corrected chi connectivity index (χ1v) is 6.32. The smallest absolute Gasteiger partial charge is 0.152 e. The number of nitrogens with two attached hydrogens (primary N) is 1. The molecule has 3 aromatic rings. The Balaban J connectivity index is 2.33. The molecule has 3 N–H and O–H groups in total. The zero-order valence-corrected chi connectivity index (χ0v) is 10.8. The second-order valence-corrected chi connectivity index (χ2v) is 4.63. The molecule has 98 valence electrons. The number of aromatic nitrogens is 3. The Kier molecular flexibility index (Phi) is 2.83. The van der Waals surface area contributed by atoms with Gasteiger partial charge in [0, 0.05) is 25.5 Å². The van der Waals surface area contributed by atoms with E-state index in [0.717, 1.165) is 34.2 Å². The van der Waals surface area contributed by atoms with Crippen LogP contribution in [0.2, 0.25) is 0 Å². The average molecular weight is 256 g/mol. The van der Waals surface area contributed by atoms with Crippen molar-refractivity contribution >= 4 is 27.8 Å². The largest absolute Gasteiger partial charge is 0.396 e. The fourth-order valence-electron chi connectivity index (χ4n) is 2.45. The molecule has 0 amide bonds. The Morgan fingerprint density at radius 2 is 2.05 bits per heavy atom. The molecular weight excluding hydrogens is 240 g/mol. The van der Waals surface area contributed by atoms with Crippen LogP contribution in [0, 0.1) is 0 Å². The van der Waals surface area contributed by atoms with E-state index in [1.54, 1.807) is 0 Å².